The molecule has 0 atom stereocenters. The van der Waals surface area contributed by atoms with E-state index in [4.69, 9.17) is 5.21 Å². The van der Waals surface area contributed by atoms with E-state index in [0.29, 0.717) is 5.56 Å². The maximum atomic E-state index is 11.5. The number of benzene rings is 3. The summed E-state index contributed by atoms with van der Waals surface area (Å²) >= 11 is 0. The van der Waals surface area contributed by atoms with Gasteiger partial charge in [0, 0.05) is 23.2 Å². The van der Waals surface area contributed by atoms with Gasteiger partial charge in [-0.3, -0.25) is 10.0 Å². The Bertz CT molecular complexity index is 1280. The molecule has 4 nitrogen and oxygen atoms in total. The highest BCUT2D eigenvalue weighted by Gasteiger charge is 2.20. The molecule has 0 aromatic heterocycles. The summed E-state index contributed by atoms with van der Waals surface area (Å²) in [6.45, 7) is 2.82. The molecule has 0 radical (unpaired) electrons. The molecule has 3 aromatic carbocycles. The average Bonchev–Trinajstić information content (AvgIpc) is 2.81. The summed E-state index contributed by atoms with van der Waals surface area (Å²) in [6.07, 6.45) is 11.0. The standard InChI is InChI=1S/C27H24N2O2/c1-17(15-18-5-7-22(8-6-18)27(30)29-31)16-28-24-14-12-21-10-9-19-3-2-4-20-11-13-23(24)26(21)25(19)20/h2,4-9,11-15,28,31H,3,10,16H2,1H3,(H,29,30). The first-order chi connectivity index (χ1) is 15.1. The number of rotatable bonds is 5. The van der Waals surface area contributed by atoms with E-state index in [1.807, 2.05) is 12.1 Å². The summed E-state index contributed by atoms with van der Waals surface area (Å²) in [7, 11) is 0. The number of hydroxylamine groups is 1. The lowest BCUT2D eigenvalue weighted by Gasteiger charge is -2.24. The highest BCUT2D eigenvalue weighted by molar-refractivity contribution is 6.07. The summed E-state index contributed by atoms with van der Waals surface area (Å²) in [5.74, 6) is -0.506. The van der Waals surface area contributed by atoms with Crippen molar-refractivity contribution < 1.29 is 10.0 Å². The molecule has 154 valence electrons. The zero-order valence-corrected chi connectivity index (χ0v) is 17.4. The van der Waals surface area contributed by atoms with E-state index in [2.05, 4.69) is 60.8 Å². The molecule has 0 unspecified atom stereocenters. The molecule has 4 heteroatoms. The van der Waals surface area contributed by atoms with Gasteiger partial charge < -0.3 is 5.32 Å². The van der Waals surface area contributed by atoms with E-state index in [0.717, 1.165) is 30.6 Å². The maximum Gasteiger partial charge on any atom is 0.274 e. The predicted octanol–water partition coefficient (Wildman–Crippen LogP) is 5.83. The normalized spacial score (nSPS) is 14.4. The van der Waals surface area contributed by atoms with Crippen LogP contribution in [0.4, 0.5) is 5.69 Å². The van der Waals surface area contributed by atoms with Crippen molar-refractivity contribution in [3.05, 3.63) is 94.1 Å². The van der Waals surface area contributed by atoms with Gasteiger partial charge in [-0.2, -0.15) is 0 Å². The molecule has 2 aliphatic rings. The van der Waals surface area contributed by atoms with Crippen molar-refractivity contribution >= 4 is 40.1 Å². The third-order valence-corrected chi connectivity index (χ3v) is 6.07. The minimum Gasteiger partial charge on any atom is -0.381 e. The predicted molar refractivity (Wildman–Crippen MR) is 127 cm³/mol. The van der Waals surface area contributed by atoms with Gasteiger partial charge in [0.15, 0.2) is 0 Å². The van der Waals surface area contributed by atoms with Gasteiger partial charge in [0.1, 0.15) is 0 Å². The first-order valence-corrected chi connectivity index (χ1v) is 10.5. The lowest BCUT2D eigenvalue weighted by atomic mass is 9.81. The number of amides is 1. The molecule has 0 spiro atoms. The second kappa shape index (κ2) is 7.89. The van der Waals surface area contributed by atoms with Crippen LogP contribution in [0.25, 0.3) is 28.5 Å². The first kappa shape index (κ1) is 19.3. The second-order valence-corrected chi connectivity index (χ2v) is 8.17. The molecular weight excluding hydrogens is 384 g/mol. The van der Waals surface area contributed by atoms with Gasteiger partial charge in [-0.1, -0.05) is 60.2 Å². The van der Waals surface area contributed by atoms with Crippen LogP contribution in [0.5, 0.6) is 0 Å². The van der Waals surface area contributed by atoms with Crippen LogP contribution in [-0.4, -0.2) is 17.7 Å². The molecule has 3 aromatic rings. The zero-order chi connectivity index (χ0) is 21.4. The molecule has 1 amide bonds. The van der Waals surface area contributed by atoms with Crippen LogP contribution in [0.15, 0.2) is 66.3 Å². The lowest BCUT2D eigenvalue weighted by Crippen LogP contribution is -2.18. The summed E-state index contributed by atoms with van der Waals surface area (Å²) < 4.78 is 0. The molecule has 31 heavy (non-hydrogen) atoms. The smallest absolute Gasteiger partial charge is 0.274 e. The molecule has 0 saturated carbocycles. The van der Waals surface area contributed by atoms with Crippen LogP contribution in [0, 0.1) is 0 Å². The largest absolute Gasteiger partial charge is 0.381 e. The Hall–Kier alpha value is -3.63. The van der Waals surface area contributed by atoms with Gasteiger partial charge in [0.2, 0.25) is 0 Å². The number of allylic oxidation sites excluding steroid dienone is 3. The summed E-state index contributed by atoms with van der Waals surface area (Å²) in [6, 6.07) is 16.1. The van der Waals surface area contributed by atoms with Crippen molar-refractivity contribution in [2.75, 3.05) is 11.9 Å². The third kappa shape index (κ3) is 3.56. The monoisotopic (exact) mass is 408 g/mol. The van der Waals surface area contributed by atoms with Gasteiger partial charge in [-0.15, -0.1) is 0 Å². The van der Waals surface area contributed by atoms with E-state index in [-0.39, 0.29) is 0 Å². The third-order valence-electron chi connectivity index (χ3n) is 6.07. The molecule has 3 N–H and O–H groups in total. The van der Waals surface area contributed by atoms with Gasteiger partial charge in [0.05, 0.1) is 0 Å². The fraction of sp³-hybridized carbons (Fsp3) is 0.148. The SMILES string of the molecule is CC(=Cc1ccc(C(=O)NO)cc1)CNc1ccc2c3c4c(ccc13)C=CCC4=CC2. The van der Waals surface area contributed by atoms with Gasteiger partial charge >= 0.3 is 0 Å². The second-order valence-electron chi connectivity index (χ2n) is 8.17. The number of carbonyl (C=O) groups excluding carboxylic acids is 1. The van der Waals surface area contributed by atoms with Gasteiger partial charge in [0.25, 0.3) is 5.91 Å². The first-order valence-electron chi connectivity index (χ1n) is 10.5. The van der Waals surface area contributed by atoms with E-state index in [1.54, 1.807) is 17.6 Å². The molecular formula is C27H24N2O2. The maximum absolute atomic E-state index is 11.5. The van der Waals surface area contributed by atoms with Crippen molar-refractivity contribution in [2.45, 2.75) is 19.8 Å². The Labute approximate surface area is 181 Å². The molecule has 0 bridgehead atoms. The van der Waals surface area contributed by atoms with Crippen LogP contribution >= 0.6 is 0 Å². The highest BCUT2D eigenvalue weighted by atomic mass is 16.5. The minimum atomic E-state index is -0.506. The zero-order valence-electron chi connectivity index (χ0n) is 17.4. The Morgan fingerprint density at radius 1 is 1.06 bits per heavy atom. The van der Waals surface area contributed by atoms with Crippen molar-refractivity contribution in [2.24, 2.45) is 0 Å². The molecule has 0 fully saturated rings. The van der Waals surface area contributed by atoms with Crippen molar-refractivity contribution in [1.29, 1.82) is 0 Å². The molecule has 5 rings (SSSR count). The van der Waals surface area contributed by atoms with Gasteiger partial charge in [-0.05, 0) is 71.2 Å². The van der Waals surface area contributed by atoms with Crippen molar-refractivity contribution in [1.82, 2.24) is 5.48 Å². The van der Waals surface area contributed by atoms with Crippen LogP contribution in [-0.2, 0) is 6.42 Å². The minimum absolute atomic E-state index is 0.426. The Kier molecular flexibility index (Phi) is 4.92. The summed E-state index contributed by atoms with van der Waals surface area (Å²) in [4.78, 5) is 11.5. The number of nitrogens with one attached hydrogen (secondary N) is 2. The van der Waals surface area contributed by atoms with E-state index >= 15 is 0 Å². The van der Waals surface area contributed by atoms with Gasteiger partial charge in [-0.25, -0.2) is 5.48 Å². The Morgan fingerprint density at radius 2 is 1.90 bits per heavy atom. The van der Waals surface area contributed by atoms with Crippen LogP contribution in [0.2, 0.25) is 0 Å². The number of anilines is 1. The fourth-order valence-corrected chi connectivity index (χ4v) is 4.54. The summed E-state index contributed by atoms with van der Waals surface area (Å²) in [5.41, 5.74) is 11.0. The number of hydrogen-bond donors (Lipinski definition) is 3. The molecule has 0 heterocycles. The van der Waals surface area contributed by atoms with Crippen LogP contribution in [0.1, 0.15) is 46.0 Å². The molecule has 0 saturated heterocycles. The lowest BCUT2D eigenvalue weighted by molar-refractivity contribution is 0.0706. The highest BCUT2D eigenvalue weighted by Crippen LogP contribution is 2.42. The van der Waals surface area contributed by atoms with Crippen LogP contribution < -0.4 is 10.8 Å². The number of hydrogen-bond acceptors (Lipinski definition) is 3. The summed E-state index contributed by atoms with van der Waals surface area (Å²) in [5, 5.41) is 15.0. The number of carbonyl (C=O) groups is 1. The Morgan fingerprint density at radius 3 is 2.71 bits per heavy atom. The molecule has 2 aliphatic carbocycles. The topological polar surface area (TPSA) is 61.4 Å². The van der Waals surface area contributed by atoms with Crippen molar-refractivity contribution in [3.63, 3.8) is 0 Å². The van der Waals surface area contributed by atoms with Crippen LogP contribution in [0.3, 0.4) is 0 Å². The fourth-order valence-electron chi connectivity index (χ4n) is 4.54. The average molecular weight is 409 g/mol. The quantitative estimate of drug-likeness (QED) is 0.368. The van der Waals surface area contributed by atoms with E-state index < -0.39 is 5.91 Å². The Balaban J connectivity index is 1.39. The molecule has 0 aliphatic heterocycles. The van der Waals surface area contributed by atoms with Crippen molar-refractivity contribution in [3.8, 4) is 0 Å². The van der Waals surface area contributed by atoms with E-state index in [9.17, 15) is 4.79 Å². The van der Waals surface area contributed by atoms with E-state index in [1.165, 1.54) is 38.6 Å².